The first-order valence-corrected chi connectivity index (χ1v) is 19.4. The van der Waals surface area contributed by atoms with Gasteiger partial charge in [-0.05, 0) is 73.8 Å². The van der Waals surface area contributed by atoms with Crippen molar-refractivity contribution in [1.82, 2.24) is 15.0 Å². The van der Waals surface area contributed by atoms with Crippen LogP contribution in [0.15, 0.2) is 200 Å². The standard InChI is InChI=1S/C53H33F2N3/c54-53(55)46-29-26-36(37-25-28-42-41-23-13-14-24-45(41)52(48(42)33-37,39-19-9-3-10-20-39)40-21-11-4-12-22-40)31-43(46)44-32-38(27-30-47(44)53)51-57-49(34-15-5-1-6-16-34)56-50(58-51)35-17-7-2-8-18-35/h1-33H. The Hall–Kier alpha value is -7.37. The van der Waals surface area contributed by atoms with Crippen LogP contribution in [-0.4, -0.2) is 15.0 Å². The number of fused-ring (bicyclic) bond motifs is 6. The van der Waals surface area contributed by atoms with Gasteiger partial charge in [-0.15, -0.1) is 0 Å². The van der Waals surface area contributed by atoms with Crippen LogP contribution in [0.25, 0.3) is 67.5 Å². The minimum Gasteiger partial charge on any atom is -0.208 e. The molecule has 8 aromatic carbocycles. The highest BCUT2D eigenvalue weighted by Gasteiger charge is 2.47. The summed E-state index contributed by atoms with van der Waals surface area (Å²) in [6, 6.07) is 66.4. The van der Waals surface area contributed by atoms with Crippen molar-refractivity contribution in [2.45, 2.75) is 11.3 Å². The maximum absolute atomic E-state index is 16.3. The van der Waals surface area contributed by atoms with Gasteiger partial charge in [0.2, 0.25) is 0 Å². The summed E-state index contributed by atoms with van der Waals surface area (Å²) in [7, 11) is 0. The van der Waals surface area contributed by atoms with Gasteiger partial charge in [0.25, 0.3) is 5.92 Å². The van der Waals surface area contributed by atoms with E-state index in [0.717, 1.165) is 33.4 Å². The third-order valence-electron chi connectivity index (χ3n) is 11.8. The average Bonchev–Trinajstić information content (AvgIpc) is 3.72. The molecule has 9 aromatic rings. The van der Waals surface area contributed by atoms with Crippen molar-refractivity contribution in [2.24, 2.45) is 0 Å². The Morgan fingerprint density at radius 2 is 0.707 bits per heavy atom. The van der Waals surface area contributed by atoms with E-state index in [1.54, 1.807) is 12.1 Å². The second-order valence-corrected chi connectivity index (χ2v) is 14.9. The number of hydrogen-bond acceptors (Lipinski definition) is 3. The Morgan fingerprint density at radius 3 is 1.28 bits per heavy atom. The molecule has 0 spiro atoms. The third kappa shape index (κ3) is 5.13. The molecule has 3 nitrogen and oxygen atoms in total. The van der Waals surface area contributed by atoms with Gasteiger partial charge in [0, 0.05) is 27.8 Å². The summed E-state index contributed by atoms with van der Waals surface area (Å²) in [5, 5.41) is 0. The fraction of sp³-hybridized carbons (Fsp3) is 0.0377. The molecule has 1 aromatic heterocycles. The van der Waals surface area contributed by atoms with Gasteiger partial charge in [0.1, 0.15) is 0 Å². The van der Waals surface area contributed by atoms with Crippen molar-refractivity contribution in [3.8, 4) is 67.5 Å². The number of rotatable bonds is 6. The Bertz CT molecular complexity index is 2920. The molecular formula is C53H33F2N3. The maximum atomic E-state index is 16.3. The fourth-order valence-electron chi connectivity index (χ4n) is 9.11. The molecular weight excluding hydrogens is 717 g/mol. The van der Waals surface area contributed by atoms with Crippen LogP contribution in [-0.2, 0) is 11.3 Å². The molecule has 0 unspecified atom stereocenters. The third-order valence-corrected chi connectivity index (χ3v) is 11.8. The number of aromatic nitrogens is 3. The normalized spacial score (nSPS) is 14.0. The molecule has 0 atom stereocenters. The summed E-state index contributed by atoms with van der Waals surface area (Å²) in [5.41, 5.74) is 11.6. The molecule has 58 heavy (non-hydrogen) atoms. The summed E-state index contributed by atoms with van der Waals surface area (Å²) in [6.45, 7) is 0. The molecule has 274 valence electrons. The molecule has 0 N–H and O–H groups in total. The van der Waals surface area contributed by atoms with Gasteiger partial charge in [-0.2, -0.15) is 8.78 Å². The molecule has 0 amide bonds. The fourth-order valence-corrected chi connectivity index (χ4v) is 9.11. The lowest BCUT2D eigenvalue weighted by molar-refractivity contribution is 0.0480. The van der Waals surface area contributed by atoms with E-state index < -0.39 is 11.3 Å². The van der Waals surface area contributed by atoms with E-state index in [0.29, 0.717) is 34.2 Å². The zero-order chi connectivity index (χ0) is 38.8. The molecule has 2 aliphatic rings. The molecule has 5 heteroatoms. The topological polar surface area (TPSA) is 38.7 Å². The molecule has 0 bridgehead atoms. The van der Waals surface area contributed by atoms with E-state index in [2.05, 4.69) is 103 Å². The van der Waals surface area contributed by atoms with Gasteiger partial charge in [-0.3, -0.25) is 0 Å². The van der Waals surface area contributed by atoms with Gasteiger partial charge in [0.05, 0.1) is 5.41 Å². The van der Waals surface area contributed by atoms with Crippen molar-refractivity contribution in [2.75, 3.05) is 0 Å². The molecule has 1 heterocycles. The lowest BCUT2D eigenvalue weighted by Gasteiger charge is -2.34. The summed E-state index contributed by atoms with van der Waals surface area (Å²) < 4.78 is 32.7. The highest BCUT2D eigenvalue weighted by molar-refractivity contribution is 5.90. The van der Waals surface area contributed by atoms with Crippen LogP contribution in [0, 0.1) is 0 Å². The monoisotopic (exact) mass is 749 g/mol. The van der Waals surface area contributed by atoms with E-state index in [9.17, 15) is 0 Å². The van der Waals surface area contributed by atoms with Gasteiger partial charge in [0.15, 0.2) is 17.5 Å². The van der Waals surface area contributed by atoms with Crippen LogP contribution in [0.2, 0.25) is 0 Å². The lowest BCUT2D eigenvalue weighted by Crippen LogP contribution is -2.28. The van der Waals surface area contributed by atoms with Crippen LogP contribution < -0.4 is 0 Å². The maximum Gasteiger partial charge on any atom is 0.299 e. The minimum absolute atomic E-state index is 0.00882. The van der Waals surface area contributed by atoms with Crippen LogP contribution in [0.1, 0.15) is 33.4 Å². The largest absolute Gasteiger partial charge is 0.299 e. The second-order valence-electron chi connectivity index (χ2n) is 14.9. The summed E-state index contributed by atoms with van der Waals surface area (Å²) in [4.78, 5) is 14.6. The van der Waals surface area contributed by atoms with Crippen LogP contribution in [0.5, 0.6) is 0 Å². The number of hydrogen-bond donors (Lipinski definition) is 0. The number of halogens is 2. The van der Waals surface area contributed by atoms with E-state index in [4.69, 9.17) is 15.0 Å². The predicted molar refractivity (Wildman–Crippen MR) is 227 cm³/mol. The Labute approximate surface area is 335 Å². The predicted octanol–water partition coefficient (Wildman–Crippen LogP) is 13.0. The highest BCUT2D eigenvalue weighted by Crippen LogP contribution is 2.57. The Kier molecular flexibility index (Phi) is 7.67. The summed E-state index contributed by atoms with van der Waals surface area (Å²) >= 11 is 0. The molecule has 0 saturated heterocycles. The quantitative estimate of drug-likeness (QED) is 0.170. The molecule has 2 aliphatic carbocycles. The van der Waals surface area contributed by atoms with Crippen LogP contribution in [0.4, 0.5) is 8.78 Å². The summed E-state index contributed by atoms with van der Waals surface area (Å²) in [6.07, 6.45) is 0. The van der Waals surface area contributed by atoms with Gasteiger partial charge in [-0.1, -0.05) is 182 Å². The van der Waals surface area contributed by atoms with Crippen molar-refractivity contribution >= 4 is 0 Å². The zero-order valence-electron chi connectivity index (χ0n) is 31.2. The Morgan fingerprint density at radius 1 is 0.293 bits per heavy atom. The van der Waals surface area contributed by atoms with E-state index >= 15 is 8.78 Å². The molecule has 0 saturated carbocycles. The van der Waals surface area contributed by atoms with Crippen molar-refractivity contribution in [3.63, 3.8) is 0 Å². The number of alkyl halides is 2. The molecule has 0 fully saturated rings. The average molecular weight is 750 g/mol. The first-order chi connectivity index (χ1) is 28.5. The Balaban J connectivity index is 1.07. The first kappa shape index (κ1) is 33.9. The second kappa shape index (κ2) is 13.1. The first-order valence-electron chi connectivity index (χ1n) is 19.4. The minimum atomic E-state index is -3.17. The number of nitrogens with zero attached hydrogens (tertiary/aromatic N) is 3. The smallest absolute Gasteiger partial charge is 0.208 e. The van der Waals surface area contributed by atoms with E-state index in [-0.39, 0.29) is 11.1 Å². The van der Waals surface area contributed by atoms with Crippen molar-refractivity contribution in [3.05, 3.63) is 234 Å². The van der Waals surface area contributed by atoms with Gasteiger partial charge < -0.3 is 0 Å². The van der Waals surface area contributed by atoms with E-state index in [1.807, 2.05) is 78.9 Å². The van der Waals surface area contributed by atoms with E-state index in [1.165, 1.54) is 28.3 Å². The summed E-state index contributed by atoms with van der Waals surface area (Å²) in [5.74, 6) is -1.72. The van der Waals surface area contributed by atoms with Gasteiger partial charge >= 0.3 is 0 Å². The highest BCUT2D eigenvalue weighted by atomic mass is 19.3. The zero-order valence-corrected chi connectivity index (χ0v) is 31.2. The van der Waals surface area contributed by atoms with Crippen LogP contribution in [0.3, 0.4) is 0 Å². The lowest BCUT2D eigenvalue weighted by atomic mass is 9.67. The SMILES string of the molecule is FC1(F)c2ccc(-c3ccc4c(c3)C(c3ccccc3)(c3ccccc3)c3ccccc3-4)cc2-c2cc(-c3nc(-c4ccccc4)nc(-c4ccccc4)n3)ccc21. The molecule has 0 radical (unpaired) electrons. The number of benzene rings is 8. The van der Waals surface area contributed by atoms with Crippen molar-refractivity contribution in [1.29, 1.82) is 0 Å². The van der Waals surface area contributed by atoms with Gasteiger partial charge in [-0.25, -0.2) is 15.0 Å². The molecule has 0 aliphatic heterocycles. The van der Waals surface area contributed by atoms with Crippen LogP contribution >= 0.6 is 0 Å². The molecule has 11 rings (SSSR count). The van der Waals surface area contributed by atoms with Crippen molar-refractivity contribution < 1.29 is 8.78 Å².